The summed E-state index contributed by atoms with van der Waals surface area (Å²) in [6.45, 7) is 1.27. The van der Waals surface area contributed by atoms with Crippen LogP contribution in [0, 0.1) is 0 Å². The van der Waals surface area contributed by atoms with Gasteiger partial charge in [-0.15, -0.1) is 0 Å². The number of hydrogen-bond donors (Lipinski definition) is 1. The van der Waals surface area contributed by atoms with Crippen molar-refractivity contribution in [3.05, 3.63) is 23.8 Å². The van der Waals surface area contributed by atoms with E-state index in [0.717, 1.165) is 12.8 Å². The van der Waals surface area contributed by atoms with E-state index in [2.05, 4.69) is 4.74 Å². The summed E-state index contributed by atoms with van der Waals surface area (Å²) in [5.74, 6) is 0.117. The number of ether oxygens (including phenoxy) is 4. The van der Waals surface area contributed by atoms with E-state index < -0.39 is 12.1 Å². The molecule has 0 saturated carbocycles. The van der Waals surface area contributed by atoms with Gasteiger partial charge in [0, 0.05) is 18.4 Å². The molecule has 1 aliphatic rings. The average molecular weight is 296 g/mol. The summed E-state index contributed by atoms with van der Waals surface area (Å²) in [7, 11) is 2.74. The summed E-state index contributed by atoms with van der Waals surface area (Å²) in [5, 5.41) is 10.1. The van der Waals surface area contributed by atoms with E-state index in [1.807, 2.05) is 0 Å². The largest absolute Gasteiger partial charge is 0.493 e. The number of para-hydroxylation sites is 1. The van der Waals surface area contributed by atoms with Crippen LogP contribution in [0.1, 0.15) is 24.5 Å². The van der Waals surface area contributed by atoms with Crippen LogP contribution < -0.4 is 9.47 Å². The van der Waals surface area contributed by atoms with Gasteiger partial charge in [-0.3, -0.25) is 0 Å². The molecule has 6 nitrogen and oxygen atoms in total. The molecule has 2 rings (SSSR count). The number of methoxy groups -OCH3 is 2. The van der Waals surface area contributed by atoms with Gasteiger partial charge in [0.05, 0.1) is 27.4 Å². The molecule has 1 N–H and O–H groups in total. The van der Waals surface area contributed by atoms with Crippen LogP contribution >= 0.6 is 0 Å². The van der Waals surface area contributed by atoms with Crippen molar-refractivity contribution in [1.29, 1.82) is 0 Å². The SMILES string of the molecule is COC(=O)C(O)c1cccc(OC)c1OC1CCOCC1. The highest BCUT2D eigenvalue weighted by Gasteiger charge is 2.26. The van der Waals surface area contributed by atoms with Crippen molar-refractivity contribution in [2.75, 3.05) is 27.4 Å². The molecule has 1 atom stereocenters. The van der Waals surface area contributed by atoms with Crippen molar-refractivity contribution in [1.82, 2.24) is 0 Å². The lowest BCUT2D eigenvalue weighted by atomic mass is 10.1. The van der Waals surface area contributed by atoms with Crippen LogP contribution in [0.25, 0.3) is 0 Å². The van der Waals surface area contributed by atoms with Crippen molar-refractivity contribution >= 4 is 5.97 Å². The third kappa shape index (κ3) is 3.65. The fourth-order valence-electron chi connectivity index (χ4n) is 2.23. The topological polar surface area (TPSA) is 74.2 Å². The van der Waals surface area contributed by atoms with E-state index in [1.165, 1.54) is 14.2 Å². The molecule has 116 valence electrons. The second-order valence-electron chi connectivity index (χ2n) is 4.73. The summed E-state index contributed by atoms with van der Waals surface area (Å²) < 4.78 is 21.1. The summed E-state index contributed by atoms with van der Waals surface area (Å²) in [6.07, 6.45) is 0.0797. The standard InChI is InChI=1S/C15H20O6/c1-18-12-5-3-4-11(13(16)15(17)19-2)14(12)21-10-6-8-20-9-7-10/h3-5,10,13,16H,6-9H2,1-2H3. The zero-order chi connectivity index (χ0) is 15.2. The Hall–Kier alpha value is -1.79. The Morgan fingerprint density at radius 3 is 2.67 bits per heavy atom. The van der Waals surface area contributed by atoms with Crippen LogP contribution in [0.15, 0.2) is 18.2 Å². The monoisotopic (exact) mass is 296 g/mol. The van der Waals surface area contributed by atoms with E-state index in [1.54, 1.807) is 18.2 Å². The number of benzene rings is 1. The fraction of sp³-hybridized carbons (Fsp3) is 0.533. The Morgan fingerprint density at radius 1 is 1.33 bits per heavy atom. The molecule has 21 heavy (non-hydrogen) atoms. The quantitative estimate of drug-likeness (QED) is 0.829. The molecule has 0 radical (unpaired) electrons. The van der Waals surface area contributed by atoms with Gasteiger partial charge in [-0.1, -0.05) is 12.1 Å². The van der Waals surface area contributed by atoms with Crippen molar-refractivity contribution in [3.8, 4) is 11.5 Å². The van der Waals surface area contributed by atoms with Gasteiger partial charge < -0.3 is 24.1 Å². The minimum absolute atomic E-state index is 0.0290. The number of carbonyl (C=O) groups is 1. The van der Waals surface area contributed by atoms with Gasteiger partial charge in [-0.2, -0.15) is 0 Å². The minimum atomic E-state index is -1.40. The molecule has 0 aromatic heterocycles. The molecular weight excluding hydrogens is 276 g/mol. The molecule has 1 saturated heterocycles. The van der Waals surface area contributed by atoms with Crippen LogP contribution in [0.5, 0.6) is 11.5 Å². The van der Waals surface area contributed by atoms with Crippen molar-refractivity contribution in [2.24, 2.45) is 0 Å². The molecule has 1 heterocycles. The Labute approximate surface area is 123 Å². The highest BCUT2D eigenvalue weighted by Crippen LogP contribution is 2.37. The molecule has 1 aromatic rings. The molecule has 1 fully saturated rings. The van der Waals surface area contributed by atoms with Crippen molar-refractivity contribution in [3.63, 3.8) is 0 Å². The molecule has 1 aliphatic heterocycles. The third-order valence-electron chi connectivity index (χ3n) is 3.40. The van der Waals surface area contributed by atoms with Gasteiger partial charge in [0.1, 0.15) is 6.10 Å². The first-order valence-electron chi connectivity index (χ1n) is 6.84. The summed E-state index contributed by atoms with van der Waals surface area (Å²) >= 11 is 0. The van der Waals surface area contributed by atoms with Gasteiger partial charge in [-0.25, -0.2) is 4.79 Å². The smallest absolute Gasteiger partial charge is 0.339 e. The summed E-state index contributed by atoms with van der Waals surface area (Å²) in [4.78, 5) is 11.6. The Morgan fingerprint density at radius 2 is 2.05 bits per heavy atom. The Bertz CT molecular complexity index is 481. The molecular formula is C15H20O6. The second-order valence-corrected chi connectivity index (χ2v) is 4.73. The van der Waals surface area contributed by atoms with E-state index in [0.29, 0.717) is 30.3 Å². The number of esters is 1. The predicted octanol–water partition coefficient (Wildman–Crippen LogP) is 1.46. The van der Waals surface area contributed by atoms with Gasteiger partial charge in [0.25, 0.3) is 0 Å². The summed E-state index contributed by atoms with van der Waals surface area (Å²) in [5.41, 5.74) is 0.340. The van der Waals surface area contributed by atoms with Crippen molar-refractivity contribution < 1.29 is 28.8 Å². The third-order valence-corrected chi connectivity index (χ3v) is 3.40. The van der Waals surface area contributed by atoms with Crippen LogP contribution in [-0.2, 0) is 14.3 Å². The molecule has 0 aliphatic carbocycles. The lowest BCUT2D eigenvalue weighted by molar-refractivity contribution is -0.150. The van der Waals surface area contributed by atoms with Crippen LogP contribution in [0.4, 0.5) is 0 Å². The Balaban J connectivity index is 2.29. The number of aliphatic hydroxyl groups excluding tert-OH is 1. The van der Waals surface area contributed by atoms with E-state index in [9.17, 15) is 9.90 Å². The van der Waals surface area contributed by atoms with Gasteiger partial charge in [0.15, 0.2) is 17.6 Å². The van der Waals surface area contributed by atoms with Gasteiger partial charge in [-0.05, 0) is 6.07 Å². The van der Waals surface area contributed by atoms with Gasteiger partial charge in [0.2, 0.25) is 0 Å². The van der Waals surface area contributed by atoms with Crippen molar-refractivity contribution in [2.45, 2.75) is 25.0 Å². The highest BCUT2D eigenvalue weighted by molar-refractivity contribution is 5.77. The first kappa shape index (κ1) is 15.6. The first-order chi connectivity index (χ1) is 10.2. The maximum absolute atomic E-state index is 11.6. The first-order valence-corrected chi connectivity index (χ1v) is 6.84. The lowest BCUT2D eigenvalue weighted by Crippen LogP contribution is -2.27. The van der Waals surface area contributed by atoms with Crippen LogP contribution in [-0.4, -0.2) is 44.6 Å². The van der Waals surface area contributed by atoms with E-state index in [4.69, 9.17) is 14.2 Å². The number of carbonyl (C=O) groups excluding carboxylic acids is 1. The maximum Gasteiger partial charge on any atom is 0.339 e. The van der Waals surface area contributed by atoms with Gasteiger partial charge >= 0.3 is 5.97 Å². The lowest BCUT2D eigenvalue weighted by Gasteiger charge is -2.26. The Kier molecular flexibility index (Phi) is 5.41. The number of hydrogen-bond acceptors (Lipinski definition) is 6. The average Bonchev–Trinajstić information content (AvgIpc) is 2.54. The molecule has 0 spiro atoms. The number of aliphatic hydroxyl groups is 1. The predicted molar refractivity (Wildman–Crippen MR) is 74.4 cm³/mol. The molecule has 1 unspecified atom stereocenters. The summed E-state index contributed by atoms with van der Waals surface area (Å²) in [6, 6.07) is 5.04. The minimum Gasteiger partial charge on any atom is -0.493 e. The molecule has 0 amide bonds. The zero-order valence-corrected chi connectivity index (χ0v) is 12.2. The molecule has 0 bridgehead atoms. The second kappa shape index (κ2) is 7.28. The fourth-order valence-corrected chi connectivity index (χ4v) is 2.23. The molecule has 1 aromatic carbocycles. The number of rotatable bonds is 5. The van der Waals surface area contributed by atoms with Crippen LogP contribution in [0.3, 0.4) is 0 Å². The maximum atomic E-state index is 11.6. The normalized spacial score (nSPS) is 17.1. The highest BCUT2D eigenvalue weighted by atomic mass is 16.5. The molecule has 6 heteroatoms. The zero-order valence-electron chi connectivity index (χ0n) is 12.2. The van der Waals surface area contributed by atoms with Crippen LogP contribution in [0.2, 0.25) is 0 Å². The van der Waals surface area contributed by atoms with E-state index in [-0.39, 0.29) is 6.10 Å². The van der Waals surface area contributed by atoms with E-state index >= 15 is 0 Å².